The van der Waals surface area contributed by atoms with Crippen LogP contribution < -0.4 is 10.6 Å². The zero-order valence-electron chi connectivity index (χ0n) is 11.9. The average molecular weight is 265 g/mol. The van der Waals surface area contributed by atoms with E-state index in [9.17, 15) is 4.39 Å². The second-order valence-corrected chi connectivity index (χ2v) is 5.26. The van der Waals surface area contributed by atoms with Gasteiger partial charge in [0.1, 0.15) is 5.82 Å². The topological polar surface area (TPSA) is 32.5 Å². The molecule has 2 rings (SSSR count). The van der Waals surface area contributed by atoms with Crippen molar-refractivity contribution in [2.24, 2.45) is 5.73 Å². The lowest BCUT2D eigenvalue weighted by Gasteiger charge is -2.39. The van der Waals surface area contributed by atoms with Gasteiger partial charge in [0.25, 0.3) is 0 Å². The maximum Gasteiger partial charge on any atom is 0.129 e. The molecule has 0 spiro atoms. The molecule has 0 radical (unpaired) electrons. The molecule has 106 valence electrons. The Labute approximate surface area is 115 Å². The second kappa shape index (κ2) is 6.35. The van der Waals surface area contributed by atoms with Crippen molar-refractivity contribution in [2.75, 3.05) is 31.1 Å². The zero-order valence-corrected chi connectivity index (χ0v) is 11.9. The number of anilines is 1. The van der Waals surface area contributed by atoms with Crippen molar-refractivity contribution >= 4 is 5.69 Å². The summed E-state index contributed by atoms with van der Waals surface area (Å²) in [5, 5.41) is 0. The van der Waals surface area contributed by atoms with E-state index >= 15 is 0 Å². The number of rotatable bonds is 4. The third-order valence-electron chi connectivity index (χ3n) is 4.15. The van der Waals surface area contributed by atoms with Gasteiger partial charge in [-0.2, -0.15) is 0 Å². The second-order valence-electron chi connectivity index (χ2n) is 5.26. The fourth-order valence-corrected chi connectivity index (χ4v) is 2.58. The van der Waals surface area contributed by atoms with Gasteiger partial charge in [-0.1, -0.05) is 13.0 Å². The first-order chi connectivity index (χ1) is 9.15. The third kappa shape index (κ3) is 3.25. The minimum Gasteiger partial charge on any atom is -0.369 e. The highest BCUT2D eigenvalue weighted by Gasteiger charge is 2.20. The van der Waals surface area contributed by atoms with Crippen LogP contribution in [0.25, 0.3) is 0 Å². The Morgan fingerprint density at radius 1 is 1.26 bits per heavy atom. The zero-order chi connectivity index (χ0) is 13.8. The fourth-order valence-electron chi connectivity index (χ4n) is 2.58. The minimum absolute atomic E-state index is 0.190. The normalized spacial score (nSPS) is 18.6. The molecule has 1 aliphatic rings. The van der Waals surface area contributed by atoms with Crippen LogP contribution in [0.1, 0.15) is 25.8 Å². The van der Waals surface area contributed by atoms with Crippen LogP contribution in [0.15, 0.2) is 18.2 Å². The molecule has 1 unspecified atom stereocenters. The summed E-state index contributed by atoms with van der Waals surface area (Å²) in [7, 11) is 0. The van der Waals surface area contributed by atoms with Gasteiger partial charge in [-0.15, -0.1) is 0 Å². The Morgan fingerprint density at radius 3 is 2.47 bits per heavy atom. The molecule has 1 fully saturated rings. The molecule has 0 aliphatic carbocycles. The van der Waals surface area contributed by atoms with Gasteiger partial charge < -0.3 is 10.6 Å². The van der Waals surface area contributed by atoms with E-state index in [1.165, 1.54) is 6.42 Å². The van der Waals surface area contributed by atoms with E-state index in [1.54, 1.807) is 12.1 Å². The number of nitrogens with two attached hydrogens (primary N) is 1. The molecule has 1 saturated heterocycles. The molecule has 3 nitrogen and oxygen atoms in total. The summed E-state index contributed by atoms with van der Waals surface area (Å²) in [4.78, 5) is 4.75. The Bertz CT molecular complexity index is 414. The Kier molecular flexibility index (Phi) is 4.77. The van der Waals surface area contributed by atoms with Crippen molar-refractivity contribution in [1.82, 2.24) is 4.90 Å². The Morgan fingerprint density at radius 2 is 1.95 bits per heavy atom. The summed E-state index contributed by atoms with van der Waals surface area (Å²) in [5.41, 5.74) is 7.04. The summed E-state index contributed by atoms with van der Waals surface area (Å²) < 4.78 is 13.7. The van der Waals surface area contributed by atoms with Gasteiger partial charge in [-0.3, -0.25) is 4.90 Å². The van der Waals surface area contributed by atoms with E-state index in [0.717, 1.165) is 31.9 Å². The molecule has 0 saturated carbocycles. The summed E-state index contributed by atoms with van der Waals surface area (Å²) >= 11 is 0. The predicted molar refractivity (Wildman–Crippen MR) is 77.8 cm³/mol. The van der Waals surface area contributed by atoms with Gasteiger partial charge in [-0.25, -0.2) is 4.39 Å². The predicted octanol–water partition coefficient (Wildman–Crippen LogP) is 2.20. The Hall–Kier alpha value is -1.13. The minimum atomic E-state index is -0.190. The van der Waals surface area contributed by atoms with E-state index in [0.29, 0.717) is 11.6 Å². The number of nitrogens with zero attached hydrogens (tertiary/aromatic N) is 2. The molecular weight excluding hydrogens is 241 g/mol. The standard InChI is InChI=1S/C15H24FN3/c1-3-12(2)18-6-8-19(9-7-18)14-5-4-13(11-17)15(16)10-14/h4-5,10,12H,3,6-9,11,17H2,1-2H3. The quantitative estimate of drug-likeness (QED) is 0.906. The van der Waals surface area contributed by atoms with Gasteiger partial charge in [-0.05, 0) is 25.5 Å². The molecule has 4 heteroatoms. The molecular formula is C15H24FN3. The SMILES string of the molecule is CCC(C)N1CCN(c2ccc(CN)c(F)c2)CC1. The highest BCUT2D eigenvalue weighted by molar-refractivity contribution is 5.48. The number of hydrogen-bond acceptors (Lipinski definition) is 3. The van der Waals surface area contributed by atoms with Crippen LogP contribution in [0.2, 0.25) is 0 Å². The number of piperazine rings is 1. The molecule has 1 heterocycles. The number of benzene rings is 1. The van der Waals surface area contributed by atoms with Crippen LogP contribution >= 0.6 is 0 Å². The molecule has 1 aliphatic heterocycles. The lowest BCUT2D eigenvalue weighted by molar-refractivity contribution is 0.193. The van der Waals surface area contributed by atoms with E-state index in [2.05, 4.69) is 23.6 Å². The largest absolute Gasteiger partial charge is 0.369 e. The monoisotopic (exact) mass is 265 g/mol. The van der Waals surface area contributed by atoms with Crippen LogP contribution in [0, 0.1) is 5.82 Å². The number of hydrogen-bond donors (Lipinski definition) is 1. The molecule has 1 atom stereocenters. The fraction of sp³-hybridized carbons (Fsp3) is 0.600. The smallest absolute Gasteiger partial charge is 0.129 e. The first-order valence-corrected chi connectivity index (χ1v) is 7.13. The van der Waals surface area contributed by atoms with Crippen molar-refractivity contribution in [3.8, 4) is 0 Å². The number of halogens is 1. The van der Waals surface area contributed by atoms with E-state index in [4.69, 9.17) is 5.73 Å². The Balaban J connectivity index is 1.99. The van der Waals surface area contributed by atoms with Gasteiger partial charge in [0, 0.05) is 50.0 Å². The van der Waals surface area contributed by atoms with Gasteiger partial charge in [0.2, 0.25) is 0 Å². The van der Waals surface area contributed by atoms with Crippen LogP contribution in [0.3, 0.4) is 0 Å². The van der Waals surface area contributed by atoms with Gasteiger partial charge in [0.05, 0.1) is 0 Å². The van der Waals surface area contributed by atoms with Crippen molar-refractivity contribution in [3.63, 3.8) is 0 Å². The molecule has 1 aromatic carbocycles. The van der Waals surface area contributed by atoms with Crippen molar-refractivity contribution in [1.29, 1.82) is 0 Å². The molecule has 19 heavy (non-hydrogen) atoms. The first kappa shape index (κ1) is 14.3. The molecule has 1 aromatic rings. The van der Waals surface area contributed by atoms with Gasteiger partial charge >= 0.3 is 0 Å². The summed E-state index contributed by atoms with van der Waals surface area (Å²) in [6.07, 6.45) is 1.18. The first-order valence-electron chi connectivity index (χ1n) is 7.13. The third-order valence-corrected chi connectivity index (χ3v) is 4.15. The maximum atomic E-state index is 13.7. The van der Waals surface area contributed by atoms with Crippen LogP contribution in [-0.4, -0.2) is 37.1 Å². The van der Waals surface area contributed by atoms with E-state index in [-0.39, 0.29) is 12.4 Å². The van der Waals surface area contributed by atoms with Crippen LogP contribution in [0.5, 0.6) is 0 Å². The van der Waals surface area contributed by atoms with Crippen molar-refractivity contribution in [3.05, 3.63) is 29.6 Å². The van der Waals surface area contributed by atoms with Crippen LogP contribution in [0.4, 0.5) is 10.1 Å². The van der Waals surface area contributed by atoms with E-state index in [1.807, 2.05) is 6.07 Å². The maximum absolute atomic E-state index is 13.7. The lowest BCUT2D eigenvalue weighted by Crippen LogP contribution is -2.49. The summed E-state index contributed by atoms with van der Waals surface area (Å²) in [5.74, 6) is -0.190. The summed E-state index contributed by atoms with van der Waals surface area (Å²) in [6, 6.07) is 6.02. The van der Waals surface area contributed by atoms with Crippen LogP contribution in [-0.2, 0) is 6.54 Å². The average Bonchev–Trinajstić information content (AvgIpc) is 2.46. The van der Waals surface area contributed by atoms with Crippen molar-refractivity contribution in [2.45, 2.75) is 32.9 Å². The molecule has 0 aromatic heterocycles. The molecule has 0 amide bonds. The molecule has 0 bridgehead atoms. The summed E-state index contributed by atoms with van der Waals surface area (Å²) in [6.45, 7) is 8.78. The van der Waals surface area contributed by atoms with E-state index < -0.39 is 0 Å². The van der Waals surface area contributed by atoms with Crippen molar-refractivity contribution < 1.29 is 4.39 Å². The molecule has 2 N–H and O–H groups in total. The highest BCUT2D eigenvalue weighted by atomic mass is 19.1. The highest BCUT2D eigenvalue weighted by Crippen LogP contribution is 2.21. The lowest BCUT2D eigenvalue weighted by atomic mass is 10.1. The van der Waals surface area contributed by atoms with Gasteiger partial charge in [0.15, 0.2) is 0 Å².